The molecule has 0 bridgehead atoms. The van der Waals surface area contributed by atoms with E-state index in [0.717, 1.165) is 48.3 Å². The van der Waals surface area contributed by atoms with Crippen LogP contribution in [0.15, 0.2) is 66.9 Å². The summed E-state index contributed by atoms with van der Waals surface area (Å²) in [7, 11) is 1.84. The van der Waals surface area contributed by atoms with Crippen molar-refractivity contribution in [1.82, 2.24) is 19.8 Å². The minimum Gasteiger partial charge on any atom is -0.439 e. The zero-order chi connectivity index (χ0) is 26.9. The number of hydrogen-bond acceptors (Lipinski definition) is 5. The molecule has 5 rings (SSSR count). The van der Waals surface area contributed by atoms with Gasteiger partial charge in [-0.15, -0.1) is 0 Å². The van der Waals surface area contributed by atoms with Crippen molar-refractivity contribution in [2.24, 2.45) is 7.05 Å². The van der Waals surface area contributed by atoms with Gasteiger partial charge in [0.05, 0.1) is 23.0 Å². The van der Waals surface area contributed by atoms with Crippen LogP contribution >= 0.6 is 0 Å². The van der Waals surface area contributed by atoms with Gasteiger partial charge in [0.15, 0.2) is 0 Å². The fourth-order valence-electron chi connectivity index (χ4n) is 4.26. The maximum Gasteiger partial charge on any atom is 0.416 e. The maximum atomic E-state index is 13.0. The molecule has 0 unspecified atom stereocenters. The molecule has 1 fully saturated rings. The number of ether oxygens (including phenoxy) is 1. The Balaban J connectivity index is 1.25. The van der Waals surface area contributed by atoms with Crippen molar-refractivity contribution >= 4 is 28.4 Å². The second kappa shape index (κ2) is 10.2. The number of carbonyl (C=O) groups is 2. The number of nitrogens with one attached hydrogen (secondary N) is 2. The van der Waals surface area contributed by atoms with Crippen LogP contribution in [0.2, 0.25) is 0 Å². The lowest BCUT2D eigenvalue weighted by molar-refractivity contribution is -0.137. The Morgan fingerprint density at radius 1 is 1.00 bits per heavy atom. The number of halogens is 3. The van der Waals surface area contributed by atoms with Crippen molar-refractivity contribution in [3.05, 3.63) is 83.7 Å². The van der Waals surface area contributed by atoms with Crippen LogP contribution in [0, 0.1) is 0 Å². The summed E-state index contributed by atoms with van der Waals surface area (Å²) in [6.07, 6.45) is -3.08. The predicted octanol–water partition coefficient (Wildman–Crippen LogP) is 4.68. The van der Waals surface area contributed by atoms with Crippen molar-refractivity contribution < 1.29 is 27.5 Å². The van der Waals surface area contributed by atoms with Gasteiger partial charge in [-0.2, -0.15) is 13.2 Å². The van der Waals surface area contributed by atoms with Gasteiger partial charge in [-0.05, 0) is 48.5 Å². The van der Waals surface area contributed by atoms with E-state index in [-0.39, 0.29) is 17.4 Å². The molecular weight excluding hydrogens is 499 g/mol. The van der Waals surface area contributed by atoms with Gasteiger partial charge in [0.2, 0.25) is 5.88 Å². The number of hydrogen-bond donors (Lipinski definition) is 2. The second-order valence-electron chi connectivity index (χ2n) is 8.87. The molecule has 2 amide bonds. The minimum absolute atomic E-state index is 0.0109. The van der Waals surface area contributed by atoms with Crippen molar-refractivity contribution in [3.8, 4) is 11.6 Å². The Kier molecular flexibility index (Phi) is 6.77. The van der Waals surface area contributed by atoms with Crippen molar-refractivity contribution in [2.45, 2.75) is 6.18 Å². The van der Waals surface area contributed by atoms with Gasteiger partial charge in [-0.25, -0.2) is 4.98 Å². The molecule has 11 heteroatoms. The minimum atomic E-state index is -4.47. The standard InChI is InChI=1S/C27H24F3N5O3/c1-34-22-15-21(8-4-18(22)14-23(34)26(37)35-12-10-31-11-13-35)38-24-9-7-20(16-32-24)33-25(36)17-2-5-19(6-3-17)27(28,29)30/h2-9,14-16,31H,10-13H2,1H3,(H,33,36). The molecule has 4 aromatic rings. The number of aryl methyl sites for hydroxylation is 1. The van der Waals surface area contributed by atoms with E-state index in [1.807, 2.05) is 34.7 Å². The molecule has 0 radical (unpaired) electrons. The van der Waals surface area contributed by atoms with Gasteiger partial charge in [-0.1, -0.05) is 0 Å². The highest BCUT2D eigenvalue weighted by Crippen LogP contribution is 2.30. The first-order valence-corrected chi connectivity index (χ1v) is 11.9. The quantitative estimate of drug-likeness (QED) is 0.397. The number of alkyl halides is 3. The Morgan fingerprint density at radius 2 is 1.74 bits per heavy atom. The van der Waals surface area contributed by atoms with E-state index >= 15 is 0 Å². The van der Waals surface area contributed by atoms with Gasteiger partial charge in [0, 0.05) is 56.3 Å². The molecule has 0 saturated carbocycles. The van der Waals surface area contributed by atoms with Crippen molar-refractivity contribution in [1.29, 1.82) is 0 Å². The summed E-state index contributed by atoms with van der Waals surface area (Å²) in [5, 5.41) is 6.75. The lowest BCUT2D eigenvalue weighted by Gasteiger charge is -2.27. The Morgan fingerprint density at radius 3 is 2.39 bits per heavy atom. The lowest BCUT2D eigenvalue weighted by atomic mass is 10.1. The van der Waals surface area contributed by atoms with E-state index in [1.54, 1.807) is 18.2 Å². The summed E-state index contributed by atoms with van der Waals surface area (Å²) < 4.78 is 45.9. The number of nitrogens with zero attached hydrogens (tertiary/aromatic N) is 3. The van der Waals surface area contributed by atoms with E-state index in [0.29, 0.717) is 30.2 Å². The SMILES string of the molecule is Cn1c(C(=O)N2CCNCC2)cc2ccc(Oc3ccc(NC(=O)c4ccc(C(F)(F)F)cc4)cn3)cc21. The highest BCUT2D eigenvalue weighted by atomic mass is 19.4. The first-order valence-electron chi connectivity index (χ1n) is 11.9. The molecule has 1 aliphatic rings. The maximum absolute atomic E-state index is 13.0. The molecule has 8 nitrogen and oxygen atoms in total. The molecule has 2 N–H and O–H groups in total. The van der Waals surface area contributed by atoms with Crippen LogP contribution in [0.3, 0.4) is 0 Å². The first-order chi connectivity index (χ1) is 18.2. The van der Waals surface area contributed by atoms with Crippen LogP contribution in [-0.2, 0) is 13.2 Å². The number of pyridine rings is 1. The first kappa shape index (κ1) is 25.3. The van der Waals surface area contributed by atoms with Crippen LogP contribution < -0.4 is 15.4 Å². The Bertz CT molecular complexity index is 1480. The number of rotatable bonds is 5. The molecule has 196 valence electrons. The van der Waals surface area contributed by atoms with Crippen LogP contribution in [0.25, 0.3) is 10.9 Å². The smallest absolute Gasteiger partial charge is 0.416 e. The van der Waals surface area contributed by atoms with Crippen molar-refractivity contribution in [2.75, 3.05) is 31.5 Å². The summed E-state index contributed by atoms with van der Waals surface area (Å²) in [5.41, 5.74) is 1.06. The van der Waals surface area contributed by atoms with E-state index in [1.165, 1.54) is 6.20 Å². The van der Waals surface area contributed by atoms with Crippen molar-refractivity contribution in [3.63, 3.8) is 0 Å². The third-order valence-corrected chi connectivity index (χ3v) is 6.33. The molecule has 3 heterocycles. The van der Waals surface area contributed by atoms with Crippen LogP contribution in [0.1, 0.15) is 26.4 Å². The largest absolute Gasteiger partial charge is 0.439 e. The topological polar surface area (TPSA) is 88.5 Å². The number of aromatic nitrogens is 2. The third kappa shape index (κ3) is 5.32. The molecule has 2 aromatic heterocycles. The van der Waals surface area contributed by atoms with Gasteiger partial charge in [0.1, 0.15) is 11.4 Å². The predicted molar refractivity (Wildman–Crippen MR) is 135 cm³/mol. The molecule has 0 atom stereocenters. The zero-order valence-corrected chi connectivity index (χ0v) is 20.4. The van der Waals surface area contributed by atoms with Gasteiger partial charge in [-0.3, -0.25) is 9.59 Å². The van der Waals surface area contributed by atoms with E-state index < -0.39 is 17.6 Å². The number of fused-ring (bicyclic) bond motifs is 1. The summed E-state index contributed by atoms with van der Waals surface area (Å²) in [4.78, 5) is 31.4. The second-order valence-corrected chi connectivity index (χ2v) is 8.87. The zero-order valence-electron chi connectivity index (χ0n) is 20.4. The number of carbonyl (C=O) groups excluding carboxylic acids is 2. The summed E-state index contributed by atoms with van der Waals surface area (Å²) in [6, 6.07) is 14.4. The van der Waals surface area contributed by atoms with Gasteiger partial charge in [0.25, 0.3) is 11.8 Å². The van der Waals surface area contributed by atoms with Crippen LogP contribution in [-0.4, -0.2) is 52.4 Å². The fourth-order valence-corrected chi connectivity index (χ4v) is 4.26. The average Bonchev–Trinajstić information content (AvgIpc) is 3.25. The molecule has 1 aliphatic heterocycles. The molecule has 38 heavy (non-hydrogen) atoms. The van der Waals surface area contributed by atoms with E-state index in [4.69, 9.17) is 4.74 Å². The number of piperazine rings is 1. The Labute approximate surface area is 216 Å². The molecule has 0 aliphatic carbocycles. The van der Waals surface area contributed by atoms with Crippen LogP contribution in [0.5, 0.6) is 11.6 Å². The number of anilines is 1. The molecule has 1 saturated heterocycles. The lowest BCUT2D eigenvalue weighted by Crippen LogP contribution is -2.46. The monoisotopic (exact) mass is 523 g/mol. The number of amides is 2. The van der Waals surface area contributed by atoms with E-state index in [2.05, 4.69) is 15.6 Å². The van der Waals surface area contributed by atoms with E-state index in [9.17, 15) is 22.8 Å². The normalized spacial score (nSPS) is 13.9. The molecule has 0 spiro atoms. The highest BCUT2D eigenvalue weighted by Gasteiger charge is 2.30. The molecule has 2 aromatic carbocycles. The average molecular weight is 524 g/mol. The number of benzene rings is 2. The molecular formula is C27H24F3N5O3. The van der Waals surface area contributed by atoms with Crippen LogP contribution in [0.4, 0.5) is 18.9 Å². The fraction of sp³-hybridized carbons (Fsp3) is 0.222. The summed E-state index contributed by atoms with van der Waals surface area (Å²) in [5.74, 6) is 0.231. The Hall–Kier alpha value is -4.38. The van der Waals surface area contributed by atoms with Gasteiger partial charge < -0.3 is 24.8 Å². The summed E-state index contributed by atoms with van der Waals surface area (Å²) >= 11 is 0. The third-order valence-electron chi connectivity index (χ3n) is 6.33. The van der Waals surface area contributed by atoms with Gasteiger partial charge >= 0.3 is 6.18 Å². The highest BCUT2D eigenvalue weighted by molar-refractivity contribution is 6.04. The summed E-state index contributed by atoms with van der Waals surface area (Å²) in [6.45, 7) is 2.89.